The number of benzene rings is 1. The molecular formula is C18H17NO6S. The first-order valence-corrected chi connectivity index (χ1v) is 9.96. The number of hydrogen-bond donors (Lipinski definition) is 0. The Morgan fingerprint density at radius 2 is 2.08 bits per heavy atom. The topological polar surface area (TPSA) is 95.2 Å². The maximum absolute atomic E-state index is 12.2. The zero-order valence-electron chi connectivity index (χ0n) is 14.1. The molecule has 2 aromatic rings. The summed E-state index contributed by atoms with van der Waals surface area (Å²) in [4.78, 5) is 16.9. The van der Waals surface area contributed by atoms with Crippen molar-refractivity contribution < 1.29 is 21.8 Å². The van der Waals surface area contributed by atoms with Crippen LogP contribution in [0.4, 0.5) is 5.69 Å². The van der Waals surface area contributed by atoms with Crippen LogP contribution in [0.3, 0.4) is 0 Å². The van der Waals surface area contributed by atoms with Gasteiger partial charge in [0.1, 0.15) is 0 Å². The molecule has 0 bridgehead atoms. The lowest BCUT2D eigenvalue weighted by atomic mass is 9.73. The third-order valence-corrected chi connectivity index (χ3v) is 5.13. The van der Waals surface area contributed by atoms with E-state index in [9.17, 15) is 13.2 Å². The van der Waals surface area contributed by atoms with E-state index in [1.807, 2.05) is 24.3 Å². The highest BCUT2D eigenvalue weighted by molar-refractivity contribution is 7.86. The van der Waals surface area contributed by atoms with E-state index in [1.54, 1.807) is 0 Å². The second-order valence-electron chi connectivity index (χ2n) is 6.46. The predicted molar refractivity (Wildman–Crippen MR) is 94.8 cm³/mol. The molecule has 1 fully saturated rings. The van der Waals surface area contributed by atoms with Gasteiger partial charge >= 0.3 is 10.1 Å². The largest absolute Gasteiger partial charge is 0.465 e. The lowest BCUT2D eigenvalue weighted by Crippen LogP contribution is -2.44. The Kier molecular flexibility index (Phi) is 3.96. The molecule has 8 heteroatoms. The Labute approximate surface area is 150 Å². The number of fused-ring (bicyclic) bond motifs is 3. The van der Waals surface area contributed by atoms with Crippen LogP contribution in [0.1, 0.15) is 17.7 Å². The molecule has 2 aliphatic heterocycles. The van der Waals surface area contributed by atoms with Gasteiger partial charge in [-0.3, -0.25) is 9.79 Å². The minimum atomic E-state index is -3.87. The van der Waals surface area contributed by atoms with Crippen molar-refractivity contribution in [3.05, 3.63) is 58.1 Å². The highest BCUT2D eigenvalue weighted by Gasteiger charge is 2.46. The molecule has 0 radical (unpaired) electrons. The van der Waals surface area contributed by atoms with E-state index >= 15 is 0 Å². The molecule has 1 saturated heterocycles. The van der Waals surface area contributed by atoms with Gasteiger partial charge in [-0.2, -0.15) is 8.42 Å². The van der Waals surface area contributed by atoms with Gasteiger partial charge in [0.2, 0.25) is 11.2 Å². The van der Waals surface area contributed by atoms with Crippen molar-refractivity contribution in [1.82, 2.24) is 0 Å². The fourth-order valence-electron chi connectivity index (χ4n) is 3.58. The number of nitrogens with zero attached hydrogens (tertiary/aromatic N) is 1. The molecule has 1 atom stereocenters. The van der Waals surface area contributed by atoms with Gasteiger partial charge in [0.05, 0.1) is 36.8 Å². The van der Waals surface area contributed by atoms with Crippen molar-refractivity contribution in [1.29, 1.82) is 0 Å². The van der Waals surface area contributed by atoms with Crippen LogP contribution >= 0.6 is 0 Å². The molecule has 7 nitrogen and oxygen atoms in total. The summed E-state index contributed by atoms with van der Waals surface area (Å²) in [6, 6.07) is 8.87. The molecule has 0 unspecified atom stereocenters. The molecular weight excluding hydrogens is 358 g/mol. The average Bonchev–Trinajstić information content (AvgIpc) is 2.91. The number of rotatable bonds is 4. The summed E-state index contributed by atoms with van der Waals surface area (Å²) >= 11 is 0. The number of aliphatic imine (C=N–C) groups is 1. The standard InChI is InChI=1S/C18H17NO6S/c1-26(21,22)25-17-14(20)6-9-24-15(17)10-18-11-23-8-7-16(18)19-13-5-3-2-4-12(13)18/h2-6,9H,7-8,10-11H2,1H3/t18-/m0/s1. The van der Waals surface area contributed by atoms with Gasteiger partial charge in [-0.25, -0.2) is 0 Å². The first kappa shape index (κ1) is 17.0. The van der Waals surface area contributed by atoms with Crippen molar-refractivity contribution in [2.24, 2.45) is 4.99 Å². The predicted octanol–water partition coefficient (Wildman–Crippen LogP) is 1.97. The van der Waals surface area contributed by atoms with Crippen molar-refractivity contribution >= 4 is 21.5 Å². The highest BCUT2D eigenvalue weighted by atomic mass is 32.2. The molecule has 0 spiro atoms. The van der Waals surface area contributed by atoms with Crippen LogP contribution in [0, 0.1) is 0 Å². The molecule has 0 saturated carbocycles. The molecule has 0 aliphatic carbocycles. The molecule has 2 aliphatic rings. The van der Waals surface area contributed by atoms with E-state index in [1.165, 1.54) is 6.26 Å². The second kappa shape index (κ2) is 6.07. The van der Waals surface area contributed by atoms with Crippen LogP contribution in [-0.2, 0) is 26.7 Å². The molecule has 0 N–H and O–H groups in total. The van der Waals surface area contributed by atoms with E-state index in [2.05, 4.69) is 0 Å². The van der Waals surface area contributed by atoms with Gasteiger partial charge in [0.15, 0.2) is 5.76 Å². The Balaban J connectivity index is 1.83. The third-order valence-electron chi connectivity index (χ3n) is 4.66. The fourth-order valence-corrected chi connectivity index (χ4v) is 4.06. The normalized spacial score (nSPS) is 21.7. The Morgan fingerprint density at radius 1 is 1.27 bits per heavy atom. The highest BCUT2D eigenvalue weighted by Crippen LogP contribution is 2.45. The van der Waals surface area contributed by atoms with Gasteiger partial charge in [0, 0.05) is 24.6 Å². The minimum absolute atomic E-state index is 0.165. The molecule has 26 heavy (non-hydrogen) atoms. The maximum atomic E-state index is 12.2. The first-order valence-electron chi connectivity index (χ1n) is 8.14. The molecule has 3 heterocycles. The second-order valence-corrected chi connectivity index (χ2v) is 8.04. The van der Waals surface area contributed by atoms with Crippen LogP contribution in [0.5, 0.6) is 5.75 Å². The lowest BCUT2D eigenvalue weighted by molar-refractivity contribution is 0.0897. The van der Waals surface area contributed by atoms with E-state index in [0.717, 1.165) is 29.3 Å². The number of hydrogen-bond acceptors (Lipinski definition) is 7. The molecule has 1 aromatic heterocycles. The summed E-state index contributed by atoms with van der Waals surface area (Å²) in [6.45, 7) is 0.944. The van der Waals surface area contributed by atoms with Crippen molar-refractivity contribution in [3.63, 3.8) is 0 Å². The summed E-state index contributed by atoms with van der Waals surface area (Å²) in [6.07, 6.45) is 3.02. The monoisotopic (exact) mass is 375 g/mol. The van der Waals surface area contributed by atoms with Gasteiger partial charge in [0.25, 0.3) is 0 Å². The van der Waals surface area contributed by atoms with Crippen molar-refractivity contribution in [3.8, 4) is 5.75 Å². The quantitative estimate of drug-likeness (QED) is 0.758. The van der Waals surface area contributed by atoms with Crippen LogP contribution in [0.15, 0.2) is 50.8 Å². The lowest BCUT2D eigenvalue weighted by Gasteiger charge is -2.35. The van der Waals surface area contributed by atoms with E-state index in [0.29, 0.717) is 19.6 Å². The van der Waals surface area contributed by atoms with Crippen LogP contribution in [0.2, 0.25) is 0 Å². The summed E-state index contributed by atoms with van der Waals surface area (Å²) in [5, 5.41) is 0. The zero-order chi connectivity index (χ0) is 18.4. The van der Waals surface area contributed by atoms with Gasteiger partial charge in [-0.05, 0) is 11.6 Å². The number of ether oxygens (including phenoxy) is 1. The van der Waals surface area contributed by atoms with Crippen LogP contribution in [-0.4, -0.2) is 33.6 Å². The SMILES string of the molecule is CS(=O)(=O)Oc1c(C[C@@]23COCCC2=Nc2ccccc23)occc1=O. The smallest absolute Gasteiger partial charge is 0.306 e. The molecule has 4 rings (SSSR count). The van der Waals surface area contributed by atoms with Gasteiger partial charge in [-0.1, -0.05) is 18.2 Å². The summed E-state index contributed by atoms with van der Waals surface area (Å²) < 4.78 is 39.3. The zero-order valence-corrected chi connectivity index (χ0v) is 14.9. The van der Waals surface area contributed by atoms with Gasteiger partial charge < -0.3 is 13.3 Å². The average molecular weight is 375 g/mol. The van der Waals surface area contributed by atoms with Crippen LogP contribution in [0.25, 0.3) is 0 Å². The molecule has 136 valence electrons. The van der Waals surface area contributed by atoms with Crippen molar-refractivity contribution in [2.45, 2.75) is 18.3 Å². The van der Waals surface area contributed by atoms with E-state index in [4.69, 9.17) is 18.3 Å². The van der Waals surface area contributed by atoms with Crippen LogP contribution < -0.4 is 9.61 Å². The van der Waals surface area contributed by atoms with E-state index < -0.39 is 21.0 Å². The molecule has 1 aromatic carbocycles. The fraction of sp³-hybridized carbons (Fsp3) is 0.333. The Bertz CT molecular complexity index is 1060. The Hall–Kier alpha value is -2.45. The van der Waals surface area contributed by atoms with E-state index in [-0.39, 0.29) is 17.9 Å². The Morgan fingerprint density at radius 3 is 2.88 bits per heavy atom. The van der Waals surface area contributed by atoms with Crippen molar-refractivity contribution in [2.75, 3.05) is 19.5 Å². The molecule has 0 amide bonds. The summed E-state index contributed by atoms with van der Waals surface area (Å²) in [5.74, 6) is -0.142. The maximum Gasteiger partial charge on any atom is 0.306 e. The van der Waals surface area contributed by atoms with Gasteiger partial charge in [-0.15, -0.1) is 0 Å². The minimum Gasteiger partial charge on any atom is -0.465 e. The first-order chi connectivity index (χ1) is 12.4. The number of para-hydroxylation sites is 1. The summed E-state index contributed by atoms with van der Waals surface area (Å²) in [7, 11) is -3.87. The third kappa shape index (κ3) is 2.85. The summed E-state index contributed by atoms with van der Waals surface area (Å²) in [5.41, 5.74) is 1.64.